The van der Waals surface area contributed by atoms with Gasteiger partial charge in [-0.05, 0) is 13.0 Å². The van der Waals surface area contributed by atoms with E-state index in [1.54, 1.807) is 0 Å². The lowest BCUT2D eigenvalue weighted by Crippen LogP contribution is -2.18. The molecule has 2 N–H and O–H groups in total. The van der Waals surface area contributed by atoms with Crippen molar-refractivity contribution in [3.05, 3.63) is 17.4 Å². The quantitative estimate of drug-likeness (QED) is 0.777. The van der Waals surface area contributed by atoms with Gasteiger partial charge in [-0.25, -0.2) is 4.39 Å². The van der Waals surface area contributed by atoms with Crippen molar-refractivity contribution >= 4 is 0 Å². The summed E-state index contributed by atoms with van der Waals surface area (Å²) in [5.41, 5.74) is 0.546. The predicted octanol–water partition coefficient (Wildman–Crippen LogP) is 1.38. The number of hydrogen-bond donors (Lipinski definition) is 2. The highest BCUT2D eigenvalue weighted by atomic mass is 19.1. The fraction of sp³-hybridized carbons (Fsp3) is 0.500. The van der Waals surface area contributed by atoms with Crippen LogP contribution in [0.15, 0.2) is 6.07 Å². The van der Waals surface area contributed by atoms with E-state index in [0.29, 0.717) is 30.3 Å². The summed E-state index contributed by atoms with van der Waals surface area (Å²) in [6, 6.07) is 1.19. The topological polar surface area (TPSA) is 50.7 Å². The van der Waals surface area contributed by atoms with E-state index in [1.165, 1.54) is 6.07 Å². The minimum Gasteiger partial charge on any atom is -0.505 e. The molecule has 5 heteroatoms. The molecule has 0 spiro atoms. The van der Waals surface area contributed by atoms with Crippen molar-refractivity contribution in [2.75, 3.05) is 26.3 Å². The molecule has 1 aromatic carbocycles. The fourth-order valence-electron chi connectivity index (χ4n) is 2.45. The van der Waals surface area contributed by atoms with Crippen molar-refractivity contribution in [1.29, 1.82) is 0 Å². The lowest BCUT2D eigenvalue weighted by atomic mass is 9.95. The molecule has 0 amide bonds. The number of nitrogens with one attached hydrogen (secondary N) is 1. The summed E-state index contributed by atoms with van der Waals surface area (Å²) in [6.45, 7) is 2.45. The molecule has 1 atom stereocenters. The van der Waals surface area contributed by atoms with Gasteiger partial charge in [0, 0.05) is 24.1 Å². The van der Waals surface area contributed by atoms with E-state index < -0.39 is 5.82 Å². The van der Waals surface area contributed by atoms with Gasteiger partial charge in [-0.2, -0.15) is 0 Å². The van der Waals surface area contributed by atoms with Crippen molar-refractivity contribution in [3.63, 3.8) is 0 Å². The molecule has 1 fully saturated rings. The smallest absolute Gasteiger partial charge is 0.169 e. The van der Waals surface area contributed by atoms with E-state index in [1.807, 2.05) is 0 Å². The summed E-state index contributed by atoms with van der Waals surface area (Å²) < 4.78 is 24.5. The molecule has 2 aliphatic rings. The molecule has 0 aromatic heterocycles. The maximum atomic E-state index is 13.6. The second-order valence-electron chi connectivity index (χ2n) is 4.33. The highest BCUT2D eigenvalue weighted by molar-refractivity contribution is 5.56. The summed E-state index contributed by atoms with van der Waals surface area (Å²) in [7, 11) is 0. The maximum Gasteiger partial charge on any atom is 0.169 e. The standard InChI is InChI=1S/C12H14FNO3/c13-8-5-9-12(17-4-3-16-9)10(11(8)15)7-1-2-14-6-7/h5,7,14-15H,1-4,6H2. The zero-order valence-electron chi connectivity index (χ0n) is 9.33. The SMILES string of the molecule is Oc1c(F)cc2c(c1C1CCNC1)OCCO2. The lowest BCUT2D eigenvalue weighted by molar-refractivity contribution is 0.167. The van der Waals surface area contributed by atoms with Crippen LogP contribution in [0, 0.1) is 5.82 Å². The Balaban J connectivity index is 2.12. The molecule has 0 radical (unpaired) electrons. The molecule has 2 heterocycles. The first-order valence-corrected chi connectivity index (χ1v) is 5.79. The largest absolute Gasteiger partial charge is 0.505 e. The van der Waals surface area contributed by atoms with Crippen LogP contribution in [0.5, 0.6) is 17.2 Å². The van der Waals surface area contributed by atoms with Gasteiger partial charge < -0.3 is 19.9 Å². The van der Waals surface area contributed by atoms with Crippen LogP contribution in [0.25, 0.3) is 0 Å². The van der Waals surface area contributed by atoms with Crippen LogP contribution in [-0.4, -0.2) is 31.4 Å². The predicted molar refractivity (Wildman–Crippen MR) is 59.3 cm³/mol. The van der Waals surface area contributed by atoms with Crippen molar-refractivity contribution in [1.82, 2.24) is 5.32 Å². The third-order valence-electron chi connectivity index (χ3n) is 3.26. The number of hydrogen-bond acceptors (Lipinski definition) is 4. The summed E-state index contributed by atoms with van der Waals surface area (Å²) in [4.78, 5) is 0. The Bertz CT molecular complexity index is 444. The van der Waals surface area contributed by atoms with Gasteiger partial charge >= 0.3 is 0 Å². The molecule has 2 aliphatic heterocycles. The van der Waals surface area contributed by atoms with E-state index in [-0.39, 0.29) is 11.7 Å². The van der Waals surface area contributed by atoms with Gasteiger partial charge in [-0.3, -0.25) is 0 Å². The zero-order valence-corrected chi connectivity index (χ0v) is 9.33. The zero-order chi connectivity index (χ0) is 11.8. The van der Waals surface area contributed by atoms with Crippen LogP contribution >= 0.6 is 0 Å². The summed E-state index contributed by atoms with van der Waals surface area (Å²) >= 11 is 0. The molecule has 0 saturated carbocycles. The lowest BCUT2D eigenvalue weighted by Gasteiger charge is -2.24. The van der Waals surface area contributed by atoms with E-state index in [2.05, 4.69) is 5.32 Å². The maximum absolute atomic E-state index is 13.6. The van der Waals surface area contributed by atoms with Crippen molar-refractivity contribution in [3.8, 4) is 17.2 Å². The molecule has 3 rings (SSSR count). The second kappa shape index (κ2) is 4.07. The van der Waals surface area contributed by atoms with Crippen molar-refractivity contribution < 1.29 is 19.0 Å². The van der Waals surface area contributed by atoms with E-state index in [0.717, 1.165) is 19.5 Å². The number of fused-ring (bicyclic) bond motifs is 1. The molecule has 17 heavy (non-hydrogen) atoms. The fourth-order valence-corrected chi connectivity index (χ4v) is 2.45. The van der Waals surface area contributed by atoms with Gasteiger partial charge in [-0.15, -0.1) is 0 Å². The number of aromatic hydroxyl groups is 1. The highest BCUT2D eigenvalue weighted by Gasteiger charge is 2.30. The van der Waals surface area contributed by atoms with Gasteiger partial charge in [0.1, 0.15) is 13.2 Å². The Labute approximate surface area is 98.3 Å². The van der Waals surface area contributed by atoms with Crippen LogP contribution in [0.3, 0.4) is 0 Å². The number of ether oxygens (including phenoxy) is 2. The third-order valence-corrected chi connectivity index (χ3v) is 3.26. The Morgan fingerprint density at radius 2 is 2.18 bits per heavy atom. The van der Waals surface area contributed by atoms with Gasteiger partial charge in [0.05, 0.1) is 0 Å². The number of phenolic OH excluding ortho intramolecular Hbond substituents is 1. The van der Waals surface area contributed by atoms with E-state index >= 15 is 0 Å². The van der Waals surface area contributed by atoms with Crippen LogP contribution in [0.2, 0.25) is 0 Å². The van der Waals surface area contributed by atoms with Gasteiger partial charge in [0.15, 0.2) is 23.1 Å². The average Bonchev–Trinajstić information content (AvgIpc) is 2.84. The summed E-state index contributed by atoms with van der Waals surface area (Å²) in [5, 5.41) is 13.1. The van der Waals surface area contributed by atoms with Crippen LogP contribution in [-0.2, 0) is 0 Å². The molecule has 0 bridgehead atoms. The molecule has 92 valence electrons. The second-order valence-corrected chi connectivity index (χ2v) is 4.33. The highest BCUT2D eigenvalue weighted by Crippen LogP contribution is 2.46. The minimum absolute atomic E-state index is 0.0844. The van der Waals surface area contributed by atoms with Crippen LogP contribution in [0.4, 0.5) is 4.39 Å². The third kappa shape index (κ3) is 1.70. The molecular weight excluding hydrogens is 225 g/mol. The number of phenols is 1. The van der Waals surface area contributed by atoms with Crippen LogP contribution in [0.1, 0.15) is 17.9 Å². The number of benzene rings is 1. The first-order chi connectivity index (χ1) is 8.27. The average molecular weight is 239 g/mol. The van der Waals surface area contributed by atoms with E-state index in [4.69, 9.17) is 9.47 Å². The summed E-state index contributed by atoms with van der Waals surface area (Å²) in [6.07, 6.45) is 0.868. The van der Waals surface area contributed by atoms with Gasteiger partial charge in [0.2, 0.25) is 0 Å². The Hall–Kier alpha value is -1.49. The Morgan fingerprint density at radius 1 is 1.35 bits per heavy atom. The molecular formula is C12H14FNO3. The Kier molecular flexibility index (Phi) is 2.55. The molecule has 0 aliphatic carbocycles. The minimum atomic E-state index is -0.642. The van der Waals surface area contributed by atoms with Crippen molar-refractivity contribution in [2.45, 2.75) is 12.3 Å². The first-order valence-electron chi connectivity index (χ1n) is 5.79. The molecule has 1 saturated heterocycles. The monoisotopic (exact) mass is 239 g/mol. The summed E-state index contributed by atoms with van der Waals surface area (Å²) in [5.74, 6) is 0.0394. The Morgan fingerprint density at radius 3 is 2.94 bits per heavy atom. The van der Waals surface area contributed by atoms with Crippen molar-refractivity contribution in [2.24, 2.45) is 0 Å². The molecule has 1 aromatic rings. The molecule has 4 nitrogen and oxygen atoms in total. The van der Waals surface area contributed by atoms with Crippen LogP contribution < -0.4 is 14.8 Å². The van der Waals surface area contributed by atoms with Gasteiger partial charge in [-0.1, -0.05) is 0 Å². The first kappa shape index (κ1) is 10.7. The number of rotatable bonds is 1. The van der Waals surface area contributed by atoms with E-state index in [9.17, 15) is 9.50 Å². The molecule has 1 unspecified atom stereocenters. The number of halogens is 1. The normalized spacial score (nSPS) is 22.8. The van der Waals surface area contributed by atoms with Gasteiger partial charge in [0.25, 0.3) is 0 Å².